The van der Waals surface area contributed by atoms with E-state index in [-0.39, 0.29) is 12.1 Å². The Kier molecular flexibility index (Phi) is 10.1. The Balaban J connectivity index is 1.27. The van der Waals surface area contributed by atoms with E-state index in [1.807, 2.05) is 43.3 Å². The van der Waals surface area contributed by atoms with Crippen LogP contribution in [0, 0.1) is 0 Å². The number of piperazine rings is 1. The molecule has 5 rings (SSSR count). The highest BCUT2D eigenvalue weighted by atomic mass is 79.9. The first kappa shape index (κ1) is 28.6. The summed E-state index contributed by atoms with van der Waals surface area (Å²) in [5.41, 5.74) is 1.73. The minimum atomic E-state index is -0.153. The van der Waals surface area contributed by atoms with Crippen LogP contribution >= 0.6 is 15.9 Å². The van der Waals surface area contributed by atoms with Crippen LogP contribution < -0.4 is 14.8 Å². The number of nitrogens with zero attached hydrogens (tertiary/aromatic N) is 4. The summed E-state index contributed by atoms with van der Waals surface area (Å²) in [6, 6.07) is 12.0. The van der Waals surface area contributed by atoms with Gasteiger partial charge in [0.2, 0.25) is 0 Å². The molecular weight excluding hydrogens is 574 g/mol. The van der Waals surface area contributed by atoms with Crippen molar-refractivity contribution in [3.05, 3.63) is 47.2 Å². The van der Waals surface area contributed by atoms with Crippen LogP contribution in [-0.2, 0) is 9.53 Å². The Morgan fingerprint density at radius 2 is 1.82 bits per heavy atom. The quantitative estimate of drug-likeness (QED) is 0.286. The van der Waals surface area contributed by atoms with Gasteiger partial charge in [0, 0.05) is 54.3 Å². The van der Waals surface area contributed by atoms with Gasteiger partial charge in [-0.2, -0.15) is 0 Å². The molecule has 0 radical (unpaired) electrons. The lowest BCUT2D eigenvalue weighted by atomic mass is 9.98. The van der Waals surface area contributed by atoms with Crippen LogP contribution in [0.2, 0.25) is 0 Å². The monoisotopic (exact) mass is 611 g/mol. The molecule has 2 fully saturated rings. The van der Waals surface area contributed by atoms with Gasteiger partial charge >= 0.3 is 5.97 Å². The molecule has 1 aliphatic heterocycles. The zero-order valence-electron chi connectivity index (χ0n) is 23.1. The van der Waals surface area contributed by atoms with E-state index in [0.717, 1.165) is 78.2 Å². The highest BCUT2D eigenvalue weighted by Gasteiger charge is 2.21. The number of esters is 1. The summed E-state index contributed by atoms with van der Waals surface area (Å²) in [6.45, 7) is 7.43. The Bertz CT molecular complexity index is 1280. The first-order valence-corrected chi connectivity index (χ1v) is 15.1. The fourth-order valence-electron chi connectivity index (χ4n) is 5.28. The molecule has 1 aromatic heterocycles. The van der Waals surface area contributed by atoms with Crippen molar-refractivity contribution in [1.82, 2.24) is 19.8 Å². The third-order valence-electron chi connectivity index (χ3n) is 7.42. The van der Waals surface area contributed by atoms with Crippen LogP contribution in [0.15, 0.2) is 47.2 Å². The number of aromatic nitrogens is 2. The maximum absolute atomic E-state index is 11.8. The lowest BCUT2D eigenvalue weighted by Crippen LogP contribution is -2.49. The first-order chi connectivity index (χ1) is 19.6. The third kappa shape index (κ3) is 7.83. The maximum Gasteiger partial charge on any atom is 0.320 e. The van der Waals surface area contributed by atoms with Crippen molar-refractivity contribution in [2.75, 3.05) is 57.8 Å². The standard InChI is InChI=1S/C30H38BrN5O4/c1-2-38-29(37)20-36-13-11-35(12-14-36)15-16-39-27-19-26-25(18-28(27)40-24-9-4-3-5-10-24)30(33-21-32-26)34-23-8-6-7-22(31)17-23/h6-8,17-19,21,24H,2-5,9-16,20H2,1H3,(H,32,33,34). The molecule has 9 nitrogen and oxygen atoms in total. The van der Waals surface area contributed by atoms with Crippen LogP contribution in [-0.4, -0.2) is 84.3 Å². The van der Waals surface area contributed by atoms with Gasteiger partial charge in [-0.1, -0.05) is 28.4 Å². The van der Waals surface area contributed by atoms with E-state index in [4.69, 9.17) is 14.2 Å². The normalized spacial score (nSPS) is 17.1. The molecule has 0 spiro atoms. The van der Waals surface area contributed by atoms with Gasteiger partial charge in [-0.3, -0.25) is 14.6 Å². The van der Waals surface area contributed by atoms with Crippen molar-refractivity contribution >= 4 is 44.3 Å². The Hall–Kier alpha value is -2.95. The van der Waals surface area contributed by atoms with Gasteiger partial charge in [0.1, 0.15) is 18.8 Å². The number of benzene rings is 2. The number of anilines is 2. The van der Waals surface area contributed by atoms with Gasteiger partial charge in [-0.05, 0) is 56.9 Å². The van der Waals surface area contributed by atoms with Gasteiger partial charge in [-0.15, -0.1) is 0 Å². The van der Waals surface area contributed by atoms with Crippen molar-refractivity contribution < 1.29 is 19.0 Å². The number of carbonyl (C=O) groups excluding carboxylic acids is 1. The molecule has 0 atom stereocenters. The first-order valence-electron chi connectivity index (χ1n) is 14.3. The van der Waals surface area contributed by atoms with Crippen molar-refractivity contribution in [3.8, 4) is 11.5 Å². The third-order valence-corrected chi connectivity index (χ3v) is 7.92. The Labute approximate surface area is 244 Å². The number of hydrogen-bond donors (Lipinski definition) is 1. The van der Waals surface area contributed by atoms with Crippen LogP contribution in [0.3, 0.4) is 0 Å². The zero-order valence-corrected chi connectivity index (χ0v) is 24.7. The maximum atomic E-state index is 11.8. The van der Waals surface area contributed by atoms with Crippen molar-refractivity contribution in [1.29, 1.82) is 0 Å². The summed E-state index contributed by atoms with van der Waals surface area (Å²) in [6.07, 6.45) is 7.52. The molecule has 0 amide bonds. The number of hydrogen-bond acceptors (Lipinski definition) is 9. The van der Waals surface area contributed by atoms with E-state index in [2.05, 4.69) is 41.0 Å². The van der Waals surface area contributed by atoms with Crippen LogP contribution in [0.25, 0.3) is 10.9 Å². The van der Waals surface area contributed by atoms with E-state index < -0.39 is 0 Å². The highest BCUT2D eigenvalue weighted by Crippen LogP contribution is 2.37. The summed E-state index contributed by atoms with van der Waals surface area (Å²) < 4.78 is 19.0. The van der Waals surface area contributed by atoms with E-state index in [1.165, 1.54) is 19.3 Å². The molecule has 0 bridgehead atoms. The smallest absolute Gasteiger partial charge is 0.320 e. The summed E-state index contributed by atoms with van der Waals surface area (Å²) in [5.74, 6) is 2.03. The number of ether oxygens (including phenoxy) is 3. The fourth-order valence-corrected chi connectivity index (χ4v) is 5.68. The van der Waals surface area contributed by atoms with E-state index >= 15 is 0 Å². The highest BCUT2D eigenvalue weighted by molar-refractivity contribution is 9.10. The molecule has 214 valence electrons. The van der Waals surface area contributed by atoms with Crippen molar-refractivity contribution in [3.63, 3.8) is 0 Å². The summed E-state index contributed by atoms with van der Waals surface area (Å²) in [7, 11) is 0. The van der Waals surface area contributed by atoms with Crippen LogP contribution in [0.1, 0.15) is 39.0 Å². The SMILES string of the molecule is CCOC(=O)CN1CCN(CCOc2cc3ncnc(Nc4cccc(Br)c4)c3cc2OC2CCCCC2)CC1. The molecule has 40 heavy (non-hydrogen) atoms. The minimum absolute atomic E-state index is 0.153. The van der Waals surface area contributed by atoms with Gasteiger partial charge in [0.15, 0.2) is 11.5 Å². The molecule has 10 heteroatoms. The van der Waals surface area contributed by atoms with Gasteiger partial charge in [0.25, 0.3) is 0 Å². The topological polar surface area (TPSA) is 89.1 Å². The van der Waals surface area contributed by atoms with Crippen LogP contribution in [0.5, 0.6) is 11.5 Å². The predicted molar refractivity (Wildman–Crippen MR) is 159 cm³/mol. The second-order valence-corrected chi connectivity index (χ2v) is 11.2. The Morgan fingerprint density at radius 3 is 2.60 bits per heavy atom. The van der Waals surface area contributed by atoms with Crippen molar-refractivity contribution in [2.45, 2.75) is 45.1 Å². The van der Waals surface area contributed by atoms with Gasteiger partial charge in [-0.25, -0.2) is 9.97 Å². The minimum Gasteiger partial charge on any atom is -0.488 e. The molecular formula is C30H38BrN5O4. The molecule has 2 heterocycles. The average molecular weight is 613 g/mol. The number of halogens is 1. The number of rotatable bonds is 11. The number of carbonyl (C=O) groups is 1. The molecule has 0 unspecified atom stereocenters. The Morgan fingerprint density at radius 1 is 1.02 bits per heavy atom. The predicted octanol–water partition coefficient (Wildman–Crippen LogP) is 5.41. The molecule has 1 aliphatic carbocycles. The van der Waals surface area contributed by atoms with Gasteiger partial charge < -0.3 is 19.5 Å². The second kappa shape index (κ2) is 14.1. The van der Waals surface area contributed by atoms with Gasteiger partial charge in [0.05, 0.1) is 24.8 Å². The molecule has 1 saturated carbocycles. The lowest BCUT2D eigenvalue weighted by Gasteiger charge is -2.34. The summed E-state index contributed by atoms with van der Waals surface area (Å²) in [5, 5.41) is 4.32. The lowest BCUT2D eigenvalue weighted by molar-refractivity contribution is -0.144. The number of nitrogens with one attached hydrogen (secondary N) is 1. The largest absolute Gasteiger partial charge is 0.488 e. The van der Waals surface area contributed by atoms with Crippen molar-refractivity contribution in [2.24, 2.45) is 0 Å². The van der Waals surface area contributed by atoms with Crippen LogP contribution in [0.4, 0.5) is 11.5 Å². The molecule has 2 aromatic carbocycles. The molecule has 1 N–H and O–H groups in total. The second-order valence-electron chi connectivity index (χ2n) is 10.3. The number of fused-ring (bicyclic) bond motifs is 1. The van der Waals surface area contributed by atoms with E-state index in [0.29, 0.717) is 25.5 Å². The summed E-state index contributed by atoms with van der Waals surface area (Å²) >= 11 is 3.54. The molecule has 2 aliphatic rings. The molecule has 3 aromatic rings. The molecule has 1 saturated heterocycles. The summed E-state index contributed by atoms with van der Waals surface area (Å²) in [4.78, 5) is 25.4. The fraction of sp³-hybridized carbons (Fsp3) is 0.500. The average Bonchev–Trinajstić information content (AvgIpc) is 2.95. The van der Waals surface area contributed by atoms with E-state index in [9.17, 15) is 4.79 Å². The zero-order chi connectivity index (χ0) is 27.7. The van der Waals surface area contributed by atoms with E-state index in [1.54, 1.807) is 6.33 Å².